The van der Waals surface area contributed by atoms with E-state index < -0.39 is 9.05 Å². The fraction of sp³-hybridized carbons (Fsp3) is 0.462. The third-order valence-electron chi connectivity index (χ3n) is 3.61. The lowest BCUT2D eigenvalue weighted by atomic mass is 10.1. The van der Waals surface area contributed by atoms with Crippen molar-refractivity contribution in [1.82, 2.24) is 4.90 Å². The van der Waals surface area contributed by atoms with Crippen LogP contribution in [0.15, 0.2) is 21.5 Å². The Balaban J connectivity index is 2.45. The van der Waals surface area contributed by atoms with Crippen molar-refractivity contribution in [3.05, 3.63) is 27.2 Å². The number of carbonyl (C=O) groups is 1. The van der Waals surface area contributed by atoms with Crippen LogP contribution >= 0.6 is 38.2 Å². The van der Waals surface area contributed by atoms with Crippen molar-refractivity contribution in [2.45, 2.75) is 37.1 Å². The summed E-state index contributed by atoms with van der Waals surface area (Å²) >= 11 is 9.09. The second-order valence-electron chi connectivity index (χ2n) is 4.91. The molecular formula is C13H14BrCl2NO3S. The minimum atomic E-state index is -3.98. The van der Waals surface area contributed by atoms with E-state index in [1.54, 1.807) is 4.90 Å². The molecule has 1 heterocycles. The summed E-state index contributed by atoms with van der Waals surface area (Å²) in [5, 5.41) is 0.146. The highest BCUT2D eigenvalue weighted by Gasteiger charge is 2.29. The molecule has 1 aliphatic rings. The van der Waals surface area contributed by atoms with Gasteiger partial charge in [-0.05, 0) is 47.3 Å². The molecule has 0 bridgehead atoms. The maximum atomic E-state index is 12.6. The minimum Gasteiger partial charge on any atom is -0.336 e. The second kappa shape index (κ2) is 6.44. The molecule has 2 rings (SSSR count). The fourth-order valence-electron chi connectivity index (χ4n) is 2.56. The molecule has 8 heteroatoms. The van der Waals surface area contributed by atoms with E-state index in [1.165, 1.54) is 12.1 Å². The Morgan fingerprint density at radius 1 is 1.48 bits per heavy atom. The molecule has 0 radical (unpaired) electrons. The van der Waals surface area contributed by atoms with Crippen molar-refractivity contribution in [2.75, 3.05) is 6.54 Å². The number of hydrogen-bond acceptors (Lipinski definition) is 3. The Morgan fingerprint density at radius 2 is 2.14 bits per heavy atom. The smallest absolute Gasteiger partial charge is 0.262 e. The first-order valence-corrected chi connectivity index (χ1v) is 9.98. The first-order chi connectivity index (χ1) is 9.75. The summed E-state index contributed by atoms with van der Waals surface area (Å²) < 4.78 is 23.3. The van der Waals surface area contributed by atoms with Gasteiger partial charge in [-0.15, -0.1) is 0 Å². The predicted octanol–water partition coefficient (Wildman–Crippen LogP) is 4.04. The zero-order valence-corrected chi connectivity index (χ0v) is 15.2. The van der Waals surface area contributed by atoms with Gasteiger partial charge in [-0.3, -0.25) is 4.79 Å². The maximum Gasteiger partial charge on any atom is 0.262 e. The number of halogens is 3. The lowest BCUT2D eigenvalue weighted by Gasteiger charge is -2.24. The quantitative estimate of drug-likeness (QED) is 0.701. The second-order valence-corrected chi connectivity index (χ2v) is 8.65. The maximum absolute atomic E-state index is 12.6. The topological polar surface area (TPSA) is 54.5 Å². The van der Waals surface area contributed by atoms with Crippen molar-refractivity contribution in [2.24, 2.45) is 0 Å². The zero-order valence-electron chi connectivity index (χ0n) is 11.3. The molecule has 0 aromatic heterocycles. The van der Waals surface area contributed by atoms with Gasteiger partial charge in [-0.25, -0.2) is 8.42 Å². The number of amides is 1. The van der Waals surface area contributed by atoms with Crippen LogP contribution in [0.3, 0.4) is 0 Å². The van der Waals surface area contributed by atoms with Gasteiger partial charge >= 0.3 is 0 Å². The van der Waals surface area contributed by atoms with E-state index in [2.05, 4.69) is 15.9 Å². The molecule has 0 spiro atoms. The van der Waals surface area contributed by atoms with Gasteiger partial charge in [0.2, 0.25) is 0 Å². The van der Waals surface area contributed by atoms with E-state index in [0.29, 0.717) is 6.54 Å². The Hall–Kier alpha value is -0.300. The van der Waals surface area contributed by atoms with Gasteiger partial charge < -0.3 is 4.90 Å². The molecule has 1 atom stereocenters. The molecule has 0 N–H and O–H groups in total. The molecule has 0 aliphatic carbocycles. The first kappa shape index (κ1) is 17.1. The van der Waals surface area contributed by atoms with E-state index in [4.69, 9.17) is 22.3 Å². The molecule has 21 heavy (non-hydrogen) atoms. The summed E-state index contributed by atoms with van der Waals surface area (Å²) in [4.78, 5) is 14.2. The van der Waals surface area contributed by atoms with E-state index in [9.17, 15) is 13.2 Å². The van der Waals surface area contributed by atoms with Crippen LogP contribution in [0.2, 0.25) is 5.02 Å². The molecule has 1 amide bonds. The van der Waals surface area contributed by atoms with Gasteiger partial charge in [0, 0.05) is 28.8 Å². The highest BCUT2D eigenvalue weighted by atomic mass is 79.9. The minimum absolute atomic E-state index is 0.146. The largest absolute Gasteiger partial charge is 0.336 e. The van der Waals surface area contributed by atoms with E-state index in [1.807, 2.05) is 6.92 Å². The SMILES string of the molecule is CCC1CCCN1C(=O)c1cc(Cl)c(Br)c(S(=O)(=O)Cl)c1. The highest BCUT2D eigenvalue weighted by Crippen LogP contribution is 2.34. The number of benzene rings is 1. The molecule has 4 nitrogen and oxygen atoms in total. The van der Waals surface area contributed by atoms with Crippen LogP contribution in [0.1, 0.15) is 36.5 Å². The Morgan fingerprint density at radius 3 is 2.71 bits per heavy atom. The third-order valence-corrected chi connectivity index (χ3v) is 6.60. The van der Waals surface area contributed by atoms with Crippen LogP contribution < -0.4 is 0 Å². The first-order valence-electron chi connectivity index (χ1n) is 6.50. The number of carbonyl (C=O) groups excluding carboxylic acids is 1. The monoisotopic (exact) mass is 413 g/mol. The van der Waals surface area contributed by atoms with Gasteiger partial charge in [0.1, 0.15) is 0 Å². The summed E-state index contributed by atoms with van der Waals surface area (Å²) in [5.41, 5.74) is 0.239. The van der Waals surface area contributed by atoms with Gasteiger partial charge in [-0.2, -0.15) is 0 Å². The van der Waals surface area contributed by atoms with Crippen LogP contribution in [-0.4, -0.2) is 31.8 Å². The highest BCUT2D eigenvalue weighted by molar-refractivity contribution is 9.10. The van der Waals surface area contributed by atoms with Crippen molar-refractivity contribution in [3.63, 3.8) is 0 Å². The van der Waals surface area contributed by atoms with Gasteiger partial charge in [0.05, 0.1) is 14.4 Å². The molecule has 1 unspecified atom stereocenters. The summed E-state index contributed by atoms with van der Waals surface area (Å²) in [6.07, 6.45) is 2.79. The summed E-state index contributed by atoms with van der Waals surface area (Å²) in [6.45, 7) is 2.70. The number of nitrogens with zero attached hydrogens (tertiary/aromatic N) is 1. The van der Waals surface area contributed by atoms with Crippen LogP contribution in [0.5, 0.6) is 0 Å². The average molecular weight is 415 g/mol. The average Bonchev–Trinajstić information content (AvgIpc) is 2.87. The van der Waals surface area contributed by atoms with E-state index in [0.717, 1.165) is 19.3 Å². The predicted molar refractivity (Wildman–Crippen MR) is 86.5 cm³/mol. The normalized spacial score (nSPS) is 19.0. The van der Waals surface area contributed by atoms with Gasteiger partial charge in [0.15, 0.2) is 0 Å². The lowest BCUT2D eigenvalue weighted by molar-refractivity contribution is 0.0733. The summed E-state index contributed by atoms with van der Waals surface area (Å²) in [5.74, 6) is -0.213. The van der Waals surface area contributed by atoms with Crippen molar-refractivity contribution >= 4 is 53.2 Å². The molecule has 1 saturated heterocycles. The zero-order chi connectivity index (χ0) is 15.8. The Bertz CT molecular complexity index is 678. The van der Waals surface area contributed by atoms with Crippen LogP contribution in [0, 0.1) is 0 Å². The fourth-order valence-corrected chi connectivity index (χ4v) is 4.94. The van der Waals surface area contributed by atoms with Crippen LogP contribution in [0.4, 0.5) is 0 Å². The van der Waals surface area contributed by atoms with E-state index in [-0.39, 0.29) is 31.9 Å². The van der Waals surface area contributed by atoms with Crippen molar-refractivity contribution in [1.29, 1.82) is 0 Å². The number of rotatable bonds is 3. The number of hydrogen-bond donors (Lipinski definition) is 0. The van der Waals surface area contributed by atoms with Crippen molar-refractivity contribution in [3.8, 4) is 0 Å². The summed E-state index contributed by atoms with van der Waals surface area (Å²) in [7, 11) is 1.40. The molecule has 116 valence electrons. The molecule has 1 aromatic rings. The van der Waals surface area contributed by atoms with Crippen LogP contribution in [0.25, 0.3) is 0 Å². The number of likely N-dealkylation sites (tertiary alicyclic amines) is 1. The standard InChI is InChI=1S/C13H14BrCl2NO3S/c1-2-9-4-3-5-17(9)13(18)8-6-10(15)12(14)11(7-8)21(16,19)20/h6-7,9H,2-5H2,1H3. The molecule has 1 aromatic carbocycles. The Labute approximate surface area is 142 Å². The van der Waals surface area contributed by atoms with Gasteiger partial charge in [-0.1, -0.05) is 18.5 Å². The van der Waals surface area contributed by atoms with E-state index >= 15 is 0 Å². The van der Waals surface area contributed by atoms with Gasteiger partial charge in [0.25, 0.3) is 15.0 Å². The Kier molecular flexibility index (Phi) is 5.23. The molecule has 0 saturated carbocycles. The summed E-state index contributed by atoms with van der Waals surface area (Å²) in [6, 6.07) is 2.92. The van der Waals surface area contributed by atoms with Crippen LogP contribution in [-0.2, 0) is 9.05 Å². The lowest BCUT2D eigenvalue weighted by Crippen LogP contribution is -2.35. The molecule has 1 fully saturated rings. The van der Waals surface area contributed by atoms with Crippen molar-refractivity contribution < 1.29 is 13.2 Å². The molecule has 1 aliphatic heterocycles. The third kappa shape index (κ3) is 3.55. The molecular weight excluding hydrogens is 401 g/mol.